The van der Waals surface area contributed by atoms with Crippen molar-refractivity contribution in [1.29, 1.82) is 0 Å². The number of aromatic nitrogens is 5. The van der Waals surface area contributed by atoms with Gasteiger partial charge in [0, 0.05) is 50.9 Å². The second kappa shape index (κ2) is 7.77. The minimum absolute atomic E-state index is 0.341. The van der Waals surface area contributed by atoms with Gasteiger partial charge in [0.1, 0.15) is 17.5 Å². The second-order valence-corrected chi connectivity index (χ2v) is 7.41. The van der Waals surface area contributed by atoms with E-state index in [0.29, 0.717) is 11.9 Å². The maximum atomic E-state index is 5.80. The Balaban J connectivity index is 1.39. The van der Waals surface area contributed by atoms with E-state index in [1.807, 2.05) is 13.0 Å². The van der Waals surface area contributed by atoms with Crippen molar-refractivity contribution < 1.29 is 4.74 Å². The number of aryl methyl sites for hydroxylation is 1. The van der Waals surface area contributed by atoms with Crippen LogP contribution in [-0.4, -0.2) is 69.0 Å². The van der Waals surface area contributed by atoms with Gasteiger partial charge in [-0.15, -0.1) is 10.2 Å². The minimum atomic E-state index is 0.341. The Bertz CT molecular complexity index is 757. The van der Waals surface area contributed by atoms with Crippen molar-refractivity contribution >= 4 is 11.8 Å². The molecular weight excluding hydrogens is 344 g/mol. The standard InChI is InChI=1S/C18H28N8O/c1-13-11-15(21-18(19)20-13)26-5-3-14(4-6-26)17-23-22-16(24(17)2)12-25-7-9-27-10-8-25/h11,14H,3-10,12H2,1-2H3,(H2,19,20,21). The first-order chi connectivity index (χ1) is 13.1. The van der Waals surface area contributed by atoms with Crippen molar-refractivity contribution in [2.45, 2.75) is 32.2 Å². The van der Waals surface area contributed by atoms with Crippen LogP contribution in [0, 0.1) is 6.92 Å². The summed E-state index contributed by atoms with van der Waals surface area (Å²) in [7, 11) is 2.09. The predicted octanol–water partition coefficient (Wildman–Crippen LogP) is 0.712. The van der Waals surface area contributed by atoms with E-state index >= 15 is 0 Å². The zero-order valence-electron chi connectivity index (χ0n) is 16.1. The molecule has 0 aliphatic carbocycles. The molecule has 9 nitrogen and oxygen atoms in total. The highest BCUT2D eigenvalue weighted by Gasteiger charge is 2.26. The molecule has 0 spiro atoms. The average Bonchev–Trinajstić information content (AvgIpc) is 3.02. The number of morpholine rings is 1. The Kier molecular flexibility index (Phi) is 5.22. The Morgan fingerprint density at radius 2 is 1.85 bits per heavy atom. The van der Waals surface area contributed by atoms with Gasteiger partial charge in [0.05, 0.1) is 19.8 Å². The van der Waals surface area contributed by atoms with Crippen LogP contribution in [0.5, 0.6) is 0 Å². The number of nitrogen functional groups attached to an aromatic ring is 1. The molecule has 0 amide bonds. The van der Waals surface area contributed by atoms with Gasteiger partial charge in [-0.2, -0.15) is 4.98 Å². The van der Waals surface area contributed by atoms with Gasteiger partial charge >= 0.3 is 0 Å². The SMILES string of the molecule is Cc1cc(N2CCC(c3nnc(CN4CCOCC4)n3C)CC2)nc(N)n1. The summed E-state index contributed by atoms with van der Waals surface area (Å²) >= 11 is 0. The fourth-order valence-electron chi connectivity index (χ4n) is 3.93. The van der Waals surface area contributed by atoms with E-state index in [9.17, 15) is 0 Å². The number of rotatable bonds is 4. The minimum Gasteiger partial charge on any atom is -0.379 e. The second-order valence-electron chi connectivity index (χ2n) is 7.41. The third kappa shape index (κ3) is 4.03. The summed E-state index contributed by atoms with van der Waals surface area (Å²) in [5.41, 5.74) is 6.70. The normalized spacial score (nSPS) is 19.6. The van der Waals surface area contributed by atoms with Gasteiger partial charge in [-0.05, 0) is 19.8 Å². The van der Waals surface area contributed by atoms with Gasteiger partial charge in [0.2, 0.25) is 5.95 Å². The first-order valence-electron chi connectivity index (χ1n) is 9.64. The van der Waals surface area contributed by atoms with Crippen molar-refractivity contribution in [2.24, 2.45) is 7.05 Å². The Hall–Kier alpha value is -2.26. The van der Waals surface area contributed by atoms with Gasteiger partial charge in [-0.25, -0.2) is 4.98 Å². The lowest BCUT2D eigenvalue weighted by atomic mass is 9.96. The number of anilines is 2. The Morgan fingerprint density at radius 3 is 2.56 bits per heavy atom. The lowest BCUT2D eigenvalue weighted by molar-refractivity contribution is 0.0326. The van der Waals surface area contributed by atoms with E-state index in [0.717, 1.165) is 81.9 Å². The summed E-state index contributed by atoms with van der Waals surface area (Å²) in [6.07, 6.45) is 2.07. The van der Waals surface area contributed by atoms with Crippen molar-refractivity contribution in [1.82, 2.24) is 29.6 Å². The molecule has 4 rings (SSSR count). The molecule has 0 radical (unpaired) electrons. The molecular formula is C18H28N8O. The van der Waals surface area contributed by atoms with Crippen LogP contribution in [0.15, 0.2) is 6.07 Å². The molecule has 2 aromatic rings. The Labute approximate surface area is 159 Å². The molecule has 0 bridgehead atoms. The lowest BCUT2D eigenvalue weighted by Gasteiger charge is -2.32. The summed E-state index contributed by atoms with van der Waals surface area (Å²) in [6, 6.07) is 2.00. The number of hydrogen-bond donors (Lipinski definition) is 1. The summed E-state index contributed by atoms with van der Waals surface area (Å²) in [4.78, 5) is 13.2. The fraction of sp³-hybridized carbons (Fsp3) is 0.667. The molecule has 27 heavy (non-hydrogen) atoms. The van der Waals surface area contributed by atoms with Gasteiger partial charge in [-0.1, -0.05) is 0 Å². The predicted molar refractivity (Wildman–Crippen MR) is 102 cm³/mol. The highest BCUT2D eigenvalue weighted by molar-refractivity contribution is 5.43. The van der Waals surface area contributed by atoms with E-state index in [1.54, 1.807) is 0 Å². The highest BCUT2D eigenvalue weighted by Crippen LogP contribution is 2.29. The monoisotopic (exact) mass is 372 g/mol. The number of ether oxygens (including phenoxy) is 1. The maximum Gasteiger partial charge on any atom is 0.222 e. The molecule has 2 fully saturated rings. The number of piperidine rings is 1. The highest BCUT2D eigenvalue weighted by atomic mass is 16.5. The van der Waals surface area contributed by atoms with Crippen LogP contribution >= 0.6 is 0 Å². The first kappa shape index (κ1) is 18.1. The van der Waals surface area contributed by atoms with Gasteiger partial charge in [-0.3, -0.25) is 4.90 Å². The molecule has 0 atom stereocenters. The zero-order valence-corrected chi connectivity index (χ0v) is 16.1. The summed E-state index contributed by atoms with van der Waals surface area (Å²) < 4.78 is 7.61. The van der Waals surface area contributed by atoms with E-state index < -0.39 is 0 Å². The molecule has 2 saturated heterocycles. The quantitative estimate of drug-likeness (QED) is 0.838. The van der Waals surface area contributed by atoms with E-state index in [4.69, 9.17) is 10.5 Å². The van der Waals surface area contributed by atoms with E-state index in [2.05, 4.69) is 41.6 Å². The van der Waals surface area contributed by atoms with Crippen LogP contribution in [0.2, 0.25) is 0 Å². The van der Waals surface area contributed by atoms with Crippen molar-refractivity contribution in [3.05, 3.63) is 23.4 Å². The third-order valence-electron chi connectivity index (χ3n) is 5.51. The topological polar surface area (TPSA) is 98.2 Å². The van der Waals surface area contributed by atoms with Crippen LogP contribution in [0.25, 0.3) is 0 Å². The maximum absolute atomic E-state index is 5.80. The van der Waals surface area contributed by atoms with Crippen LogP contribution in [-0.2, 0) is 18.3 Å². The van der Waals surface area contributed by atoms with Crippen LogP contribution in [0.4, 0.5) is 11.8 Å². The summed E-state index contributed by atoms with van der Waals surface area (Å²) in [6.45, 7) is 8.18. The number of nitrogens with zero attached hydrogens (tertiary/aromatic N) is 7. The molecule has 2 aliphatic heterocycles. The molecule has 2 aromatic heterocycles. The largest absolute Gasteiger partial charge is 0.379 e. The van der Waals surface area contributed by atoms with Crippen molar-refractivity contribution in [2.75, 3.05) is 50.0 Å². The fourth-order valence-corrected chi connectivity index (χ4v) is 3.93. The molecule has 4 heterocycles. The number of hydrogen-bond acceptors (Lipinski definition) is 8. The van der Waals surface area contributed by atoms with Gasteiger partial charge < -0.3 is 19.9 Å². The van der Waals surface area contributed by atoms with Crippen LogP contribution in [0.1, 0.15) is 36.1 Å². The Morgan fingerprint density at radius 1 is 1.11 bits per heavy atom. The third-order valence-corrected chi connectivity index (χ3v) is 5.51. The van der Waals surface area contributed by atoms with E-state index in [1.165, 1.54) is 0 Å². The average molecular weight is 372 g/mol. The smallest absolute Gasteiger partial charge is 0.222 e. The zero-order chi connectivity index (χ0) is 18.8. The van der Waals surface area contributed by atoms with Crippen LogP contribution < -0.4 is 10.6 Å². The van der Waals surface area contributed by atoms with Gasteiger partial charge in [0.15, 0.2) is 0 Å². The van der Waals surface area contributed by atoms with E-state index in [-0.39, 0.29) is 0 Å². The van der Waals surface area contributed by atoms with Gasteiger partial charge in [0.25, 0.3) is 0 Å². The molecule has 0 aromatic carbocycles. The number of nitrogens with two attached hydrogens (primary N) is 1. The molecule has 146 valence electrons. The first-order valence-corrected chi connectivity index (χ1v) is 9.64. The molecule has 9 heteroatoms. The molecule has 0 unspecified atom stereocenters. The molecule has 2 N–H and O–H groups in total. The van der Waals surface area contributed by atoms with Crippen molar-refractivity contribution in [3.8, 4) is 0 Å². The lowest BCUT2D eigenvalue weighted by Crippen LogP contribution is -2.36. The van der Waals surface area contributed by atoms with Crippen molar-refractivity contribution in [3.63, 3.8) is 0 Å². The molecule has 0 saturated carbocycles. The van der Waals surface area contributed by atoms with Crippen LogP contribution in [0.3, 0.4) is 0 Å². The summed E-state index contributed by atoms with van der Waals surface area (Å²) in [5.74, 6) is 3.82. The summed E-state index contributed by atoms with van der Waals surface area (Å²) in [5, 5.41) is 8.99. The molecule has 2 aliphatic rings.